The fourth-order valence-electron chi connectivity index (χ4n) is 2.59. The third-order valence-corrected chi connectivity index (χ3v) is 3.82. The van der Waals surface area contributed by atoms with E-state index in [-0.39, 0.29) is 5.41 Å². The molecule has 0 atom stereocenters. The molecule has 0 aromatic carbocycles. The molecule has 0 heteroatoms. The molecule has 0 saturated heterocycles. The van der Waals surface area contributed by atoms with Crippen molar-refractivity contribution in [2.24, 2.45) is 10.8 Å². The molecule has 0 aliphatic carbocycles. The number of rotatable bonds is 9. The summed E-state index contributed by atoms with van der Waals surface area (Å²) in [5.74, 6) is 0. The van der Waals surface area contributed by atoms with Crippen molar-refractivity contribution in [1.29, 1.82) is 0 Å². The van der Waals surface area contributed by atoms with Crippen molar-refractivity contribution in [3.05, 3.63) is 48.1 Å². The van der Waals surface area contributed by atoms with Crippen LogP contribution in [0.4, 0.5) is 0 Å². The van der Waals surface area contributed by atoms with Crippen LogP contribution in [0, 0.1) is 10.8 Å². The highest BCUT2D eigenvalue weighted by molar-refractivity contribution is 5.14. The van der Waals surface area contributed by atoms with Gasteiger partial charge in [-0.15, -0.1) is 0 Å². The summed E-state index contributed by atoms with van der Waals surface area (Å²) < 4.78 is 0. The molecule has 0 spiro atoms. The van der Waals surface area contributed by atoms with Crippen LogP contribution in [0.1, 0.15) is 74.1 Å². The first kappa shape index (κ1) is 20.0. The fraction of sp³-hybridized carbons (Fsp3) is 0.619. The van der Waals surface area contributed by atoms with E-state index in [4.69, 9.17) is 0 Å². The highest BCUT2D eigenvalue weighted by atomic mass is 14.2. The predicted molar refractivity (Wildman–Crippen MR) is 98.6 cm³/mol. The first-order chi connectivity index (χ1) is 9.47. The zero-order valence-electron chi connectivity index (χ0n) is 15.5. The monoisotopic (exact) mass is 288 g/mol. The van der Waals surface area contributed by atoms with Gasteiger partial charge in [0, 0.05) is 0 Å². The van der Waals surface area contributed by atoms with E-state index in [1.807, 2.05) is 6.08 Å². The van der Waals surface area contributed by atoms with E-state index in [1.165, 1.54) is 11.1 Å². The van der Waals surface area contributed by atoms with Crippen molar-refractivity contribution >= 4 is 0 Å². The van der Waals surface area contributed by atoms with Crippen LogP contribution in [-0.4, -0.2) is 0 Å². The zero-order chi connectivity index (χ0) is 16.7. The van der Waals surface area contributed by atoms with Crippen LogP contribution < -0.4 is 0 Å². The topological polar surface area (TPSA) is 0 Å². The quantitative estimate of drug-likeness (QED) is 0.309. The molecule has 0 heterocycles. The third kappa shape index (κ3) is 10.3. The molecule has 0 saturated carbocycles. The lowest BCUT2D eigenvalue weighted by Gasteiger charge is -2.26. The van der Waals surface area contributed by atoms with Gasteiger partial charge in [-0.05, 0) is 57.3 Å². The van der Waals surface area contributed by atoms with Gasteiger partial charge in [0.05, 0.1) is 0 Å². The van der Waals surface area contributed by atoms with Crippen LogP contribution in [0.2, 0.25) is 0 Å². The van der Waals surface area contributed by atoms with Gasteiger partial charge < -0.3 is 0 Å². The normalized spacial score (nSPS) is 13.0. The molecule has 0 unspecified atom stereocenters. The van der Waals surface area contributed by atoms with Crippen LogP contribution in [0.3, 0.4) is 0 Å². The third-order valence-electron chi connectivity index (χ3n) is 3.82. The van der Waals surface area contributed by atoms with Crippen molar-refractivity contribution in [3.8, 4) is 0 Å². The SMILES string of the molecule is C=CC(=C)CC(C)(C)CC=C(C)CC(C)(C)CC=C(C)C. The van der Waals surface area contributed by atoms with Gasteiger partial charge in [0.25, 0.3) is 0 Å². The van der Waals surface area contributed by atoms with Crippen molar-refractivity contribution in [2.45, 2.75) is 74.1 Å². The largest absolute Gasteiger partial charge is 0.0988 e. The molecule has 0 bridgehead atoms. The molecule has 0 amide bonds. The van der Waals surface area contributed by atoms with E-state index in [9.17, 15) is 0 Å². The van der Waals surface area contributed by atoms with Gasteiger partial charge in [-0.1, -0.05) is 75.8 Å². The Hall–Kier alpha value is -1.04. The summed E-state index contributed by atoms with van der Waals surface area (Å²) in [4.78, 5) is 0. The standard InChI is InChI=1S/C21H36/c1-10-18(4)15-21(8,9)14-12-19(5)16-20(6,7)13-11-17(2)3/h10-12H,1,4,13-16H2,2-3,5-9H3. The summed E-state index contributed by atoms with van der Waals surface area (Å²) in [5, 5.41) is 0. The van der Waals surface area contributed by atoms with Crippen molar-refractivity contribution in [3.63, 3.8) is 0 Å². The minimum atomic E-state index is 0.261. The van der Waals surface area contributed by atoms with Gasteiger partial charge in [-0.2, -0.15) is 0 Å². The Morgan fingerprint density at radius 1 is 0.857 bits per heavy atom. The van der Waals surface area contributed by atoms with Gasteiger partial charge >= 0.3 is 0 Å². The van der Waals surface area contributed by atoms with E-state index in [2.05, 4.69) is 73.8 Å². The van der Waals surface area contributed by atoms with E-state index < -0.39 is 0 Å². The second-order valence-corrected chi connectivity index (χ2v) is 8.28. The molecule has 120 valence electrons. The lowest BCUT2D eigenvalue weighted by atomic mass is 9.79. The molecule has 0 aliphatic heterocycles. The van der Waals surface area contributed by atoms with Crippen LogP contribution in [0.15, 0.2) is 48.1 Å². The molecule has 0 radical (unpaired) electrons. The summed E-state index contributed by atoms with van der Waals surface area (Å²) in [6.07, 6.45) is 11.1. The molecular formula is C21H36. The maximum Gasteiger partial charge on any atom is -0.0230 e. The Morgan fingerprint density at radius 2 is 1.33 bits per heavy atom. The summed E-state index contributed by atoms with van der Waals surface area (Å²) >= 11 is 0. The van der Waals surface area contributed by atoms with E-state index >= 15 is 0 Å². The lowest BCUT2D eigenvalue weighted by molar-refractivity contribution is 0.355. The highest BCUT2D eigenvalue weighted by Gasteiger charge is 2.19. The van der Waals surface area contributed by atoms with Crippen LogP contribution in [0.25, 0.3) is 0 Å². The molecule has 0 rings (SSSR count). The van der Waals surface area contributed by atoms with E-state index in [0.717, 1.165) is 31.3 Å². The number of hydrogen-bond acceptors (Lipinski definition) is 0. The zero-order valence-corrected chi connectivity index (χ0v) is 15.5. The number of hydrogen-bond donors (Lipinski definition) is 0. The van der Waals surface area contributed by atoms with E-state index in [0.29, 0.717) is 5.41 Å². The van der Waals surface area contributed by atoms with Crippen molar-refractivity contribution < 1.29 is 0 Å². The average molecular weight is 289 g/mol. The Bertz CT molecular complexity index is 409. The first-order valence-electron chi connectivity index (χ1n) is 8.07. The molecular weight excluding hydrogens is 252 g/mol. The molecule has 21 heavy (non-hydrogen) atoms. The molecule has 0 fully saturated rings. The van der Waals surface area contributed by atoms with Crippen molar-refractivity contribution in [1.82, 2.24) is 0 Å². The first-order valence-corrected chi connectivity index (χ1v) is 8.07. The van der Waals surface area contributed by atoms with Gasteiger partial charge in [-0.3, -0.25) is 0 Å². The Balaban J connectivity index is 4.57. The molecule has 0 aromatic rings. The van der Waals surface area contributed by atoms with Crippen LogP contribution in [-0.2, 0) is 0 Å². The maximum absolute atomic E-state index is 4.04. The predicted octanol–water partition coefficient (Wildman–Crippen LogP) is 7.25. The van der Waals surface area contributed by atoms with Crippen molar-refractivity contribution in [2.75, 3.05) is 0 Å². The van der Waals surface area contributed by atoms with Gasteiger partial charge in [0.1, 0.15) is 0 Å². The maximum atomic E-state index is 4.04. The fourth-order valence-corrected chi connectivity index (χ4v) is 2.59. The van der Waals surface area contributed by atoms with Crippen LogP contribution >= 0.6 is 0 Å². The summed E-state index contributed by atoms with van der Waals surface area (Å²) in [7, 11) is 0. The second-order valence-electron chi connectivity index (χ2n) is 8.28. The Kier molecular flexibility index (Phi) is 8.00. The Morgan fingerprint density at radius 3 is 1.81 bits per heavy atom. The van der Waals surface area contributed by atoms with Gasteiger partial charge in [-0.25, -0.2) is 0 Å². The molecule has 0 aliphatic rings. The molecule has 0 aromatic heterocycles. The van der Waals surface area contributed by atoms with E-state index in [1.54, 1.807) is 0 Å². The minimum Gasteiger partial charge on any atom is -0.0988 e. The summed E-state index contributed by atoms with van der Waals surface area (Å²) in [6, 6.07) is 0. The molecule has 0 nitrogen and oxygen atoms in total. The highest BCUT2D eigenvalue weighted by Crippen LogP contribution is 2.33. The number of allylic oxidation sites excluding steroid dienone is 6. The van der Waals surface area contributed by atoms with Gasteiger partial charge in [0.15, 0.2) is 0 Å². The second kappa shape index (κ2) is 8.41. The summed E-state index contributed by atoms with van der Waals surface area (Å²) in [5.41, 5.74) is 4.65. The minimum absolute atomic E-state index is 0.261. The van der Waals surface area contributed by atoms with Gasteiger partial charge in [0.2, 0.25) is 0 Å². The average Bonchev–Trinajstić information content (AvgIpc) is 2.33. The molecule has 0 N–H and O–H groups in total. The summed E-state index contributed by atoms with van der Waals surface area (Å²) in [6.45, 7) is 23.8. The van der Waals surface area contributed by atoms with Crippen LogP contribution in [0.5, 0.6) is 0 Å². The Labute approximate surface area is 133 Å². The lowest BCUT2D eigenvalue weighted by Crippen LogP contribution is -2.13. The smallest absolute Gasteiger partial charge is 0.0230 e.